The van der Waals surface area contributed by atoms with Crippen molar-refractivity contribution in [3.63, 3.8) is 0 Å². The summed E-state index contributed by atoms with van der Waals surface area (Å²) in [4.78, 5) is 12.9. The number of carbonyl (C=O) groups is 1. The second-order valence-electron chi connectivity index (χ2n) is 14.0. The van der Waals surface area contributed by atoms with Gasteiger partial charge >= 0.3 is 5.97 Å². The zero-order valence-corrected chi connectivity index (χ0v) is 25.3. The van der Waals surface area contributed by atoms with E-state index in [9.17, 15) is 10.1 Å². The van der Waals surface area contributed by atoms with Gasteiger partial charge in [0.2, 0.25) is 0 Å². The van der Waals surface area contributed by atoms with Crippen LogP contribution in [0.5, 0.6) is 0 Å². The summed E-state index contributed by atoms with van der Waals surface area (Å²) in [5.74, 6) is 2.91. The predicted octanol–water partition coefficient (Wildman–Crippen LogP) is 9.83. The molecule has 0 aliphatic heterocycles. The van der Waals surface area contributed by atoms with Gasteiger partial charge in [0.1, 0.15) is 17.7 Å². The molecular formula is C37H51NO2. The lowest BCUT2D eigenvalue weighted by Crippen LogP contribution is -2.50. The van der Waals surface area contributed by atoms with Crippen molar-refractivity contribution in [2.75, 3.05) is 0 Å². The number of hydrogen-bond donors (Lipinski definition) is 0. The molecule has 0 saturated heterocycles. The molecular weight excluding hydrogens is 490 g/mol. The first-order chi connectivity index (χ1) is 19.4. The molecule has 1 aromatic carbocycles. The fourth-order valence-corrected chi connectivity index (χ4v) is 9.55. The van der Waals surface area contributed by atoms with Crippen molar-refractivity contribution in [2.45, 2.75) is 123 Å². The molecule has 7 atom stereocenters. The van der Waals surface area contributed by atoms with Gasteiger partial charge in [0.15, 0.2) is 0 Å². The number of benzene rings is 1. The Morgan fingerprint density at radius 1 is 1.00 bits per heavy atom. The van der Waals surface area contributed by atoms with Crippen LogP contribution in [0.2, 0.25) is 0 Å². The molecule has 7 unspecified atom stereocenters. The number of ether oxygens (including phenoxy) is 1. The quantitative estimate of drug-likeness (QED) is 0.0973. The van der Waals surface area contributed by atoms with Crippen LogP contribution >= 0.6 is 0 Å². The van der Waals surface area contributed by atoms with Gasteiger partial charge < -0.3 is 4.74 Å². The summed E-state index contributed by atoms with van der Waals surface area (Å²) in [6, 6.07) is 11.6. The van der Waals surface area contributed by atoms with Crippen molar-refractivity contribution in [3.8, 4) is 6.07 Å². The molecule has 0 bridgehead atoms. The first kappa shape index (κ1) is 29.2. The van der Waals surface area contributed by atoms with Gasteiger partial charge in [0, 0.05) is 6.42 Å². The van der Waals surface area contributed by atoms with Crippen molar-refractivity contribution in [2.24, 2.45) is 34.5 Å². The number of unbranched alkanes of at least 4 members (excludes halogenated alkanes) is 5. The smallest absolute Gasteiger partial charge is 0.349 e. The van der Waals surface area contributed by atoms with Gasteiger partial charge in [-0.1, -0.05) is 101 Å². The number of nitriles is 1. The summed E-state index contributed by atoms with van der Waals surface area (Å²) in [5, 5.41) is 9.62. The van der Waals surface area contributed by atoms with E-state index < -0.39 is 5.97 Å². The van der Waals surface area contributed by atoms with E-state index in [0.717, 1.165) is 48.5 Å². The normalized spacial score (nSPS) is 35.1. The maximum absolute atomic E-state index is 12.9. The third kappa shape index (κ3) is 5.84. The number of fused-ring (bicyclic) bond motifs is 5. The molecule has 4 aliphatic carbocycles. The van der Waals surface area contributed by atoms with Gasteiger partial charge in [-0.3, -0.25) is 0 Å². The summed E-state index contributed by atoms with van der Waals surface area (Å²) >= 11 is 0. The maximum Gasteiger partial charge on any atom is 0.349 e. The van der Waals surface area contributed by atoms with Crippen molar-refractivity contribution < 1.29 is 9.53 Å². The monoisotopic (exact) mass is 541 g/mol. The molecule has 3 heteroatoms. The second-order valence-corrected chi connectivity index (χ2v) is 14.0. The Balaban J connectivity index is 1.20. The van der Waals surface area contributed by atoms with E-state index in [1.54, 1.807) is 6.08 Å². The van der Waals surface area contributed by atoms with Crippen LogP contribution in [-0.2, 0) is 9.53 Å². The van der Waals surface area contributed by atoms with Gasteiger partial charge in [-0.2, -0.15) is 5.26 Å². The molecule has 1 aromatic rings. The minimum Gasteiger partial charge on any atom is -0.458 e. The molecule has 3 fully saturated rings. The lowest BCUT2D eigenvalue weighted by molar-refractivity contribution is -0.146. The Morgan fingerprint density at radius 2 is 1.77 bits per heavy atom. The highest BCUT2D eigenvalue weighted by Crippen LogP contribution is 2.66. The molecule has 0 amide bonds. The maximum atomic E-state index is 12.9. The van der Waals surface area contributed by atoms with Gasteiger partial charge in [-0.05, 0) is 97.5 Å². The lowest BCUT2D eigenvalue weighted by atomic mass is 9.47. The number of allylic oxidation sites excluding steroid dienone is 1. The summed E-state index contributed by atoms with van der Waals surface area (Å²) in [5.41, 5.74) is 3.23. The number of esters is 1. The Labute approximate surface area is 243 Å². The van der Waals surface area contributed by atoms with Crippen LogP contribution in [0.1, 0.15) is 123 Å². The van der Waals surface area contributed by atoms with Gasteiger partial charge in [0.05, 0.1) is 0 Å². The van der Waals surface area contributed by atoms with E-state index in [4.69, 9.17) is 4.74 Å². The minimum absolute atomic E-state index is 0.0838. The van der Waals surface area contributed by atoms with E-state index in [2.05, 4.69) is 32.9 Å². The molecule has 0 N–H and O–H groups in total. The van der Waals surface area contributed by atoms with E-state index in [0.29, 0.717) is 5.41 Å². The van der Waals surface area contributed by atoms with Crippen LogP contribution in [0.4, 0.5) is 0 Å². The summed E-state index contributed by atoms with van der Waals surface area (Å²) in [6.45, 7) is 7.49. The highest BCUT2D eigenvalue weighted by molar-refractivity contribution is 5.98. The average molecular weight is 542 g/mol. The minimum atomic E-state index is -0.481. The Kier molecular flexibility index (Phi) is 9.24. The zero-order chi connectivity index (χ0) is 28.2. The van der Waals surface area contributed by atoms with Crippen LogP contribution in [0.3, 0.4) is 0 Å². The largest absolute Gasteiger partial charge is 0.458 e. The Morgan fingerprint density at radius 3 is 2.55 bits per heavy atom. The van der Waals surface area contributed by atoms with E-state index in [1.165, 1.54) is 82.6 Å². The molecule has 40 heavy (non-hydrogen) atoms. The summed E-state index contributed by atoms with van der Waals surface area (Å²) < 4.78 is 5.94. The fraction of sp³-hybridized carbons (Fsp3) is 0.676. The predicted molar refractivity (Wildman–Crippen MR) is 163 cm³/mol. The molecule has 0 spiro atoms. The van der Waals surface area contributed by atoms with Crippen LogP contribution in [-0.4, -0.2) is 12.1 Å². The van der Waals surface area contributed by atoms with Crippen molar-refractivity contribution in [1.29, 1.82) is 5.26 Å². The van der Waals surface area contributed by atoms with E-state index in [-0.39, 0.29) is 17.1 Å². The van der Waals surface area contributed by atoms with E-state index >= 15 is 0 Å². The number of rotatable bonds is 10. The second kappa shape index (κ2) is 12.7. The Bertz CT molecular complexity index is 1130. The SMILES string of the molecule is CCCCCCCCC1CCC2C3CC=C4CC(OC(=O)C(C#N)=Cc5ccccc5)CCC4(C)C3CCC12C. The molecule has 4 aliphatic rings. The fourth-order valence-electron chi connectivity index (χ4n) is 9.55. The number of carbonyl (C=O) groups excluding carboxylic acids is 1. The Hall–Kier alpha value is -2.34. The van der Waals surface area contributed by atoms with E-state index in [1.807, 2.05) is 30.3 Å². The first-order valence-corrected chi connectivity index (χ1v) is 16.5. The number of nitrogens with zero attached hydrogens (tertiary/aromatic N) is 1. The average Bonchev–Trinajstić information content (AvgIpc) is 3.30. The van der Waals surface area contributed by atoms with Crippen molar-refractivity contribution in [1.82, 2.24) is 0 Å². The van der Waals surface area contributed by atoms with Crippen LogP contribution in [0.15, 0.2) is 47.6 Å². The summed E-state index contributed by atoms with van der Waals surface area (Å²) in [7, 11) is 0. The highest BCUT2D eigenvalue weighted by Gasteiger charge is 2.58. The topological polar surface area (TPSA) is 50.1 Å². The van der Waals surface area contributed by atoms with Crippen LogP contribution in [0, 0.1) is 45.8 Å². The van der Waals surface area contributed by atoms with Gasteiger partial charge in [-0.25, -0.2) is 4.79 Å². The molecule has 3 nitrogen and oxygen atoms in total. The molecule has 5 rings (SSSR count). The summed E-state index contributed by atoms with van der Waals surface area (Å²) in [6.07, 6.45) is 23.6. The third-order valence-electron chi connectivity index (χ3n) is 11.9. The standard InChI is InChI=1S/C37H51NO2/c1-4-5-6-7-8-12-15-29-17-19-33-32-18-16-30-25-31(20-22-37(30,3)34(32)21-23-36(29,33)2)40-35(39)28(26-38)24-27-13-10-9-11-14-27/h9-11,13-14,16,24,29,31-34H,4-8,12,15,17-23,25H2,1-3H3. The van der Waals surface area contributed by atoms with Crippen molar-refractivity contribution in [3.05, 3.63) is 53.1 Å². The lowest BCUT2D eigenvalue weighted by Gasteiger charge is -2.58. The highest BCUT2D eigenvalue weighted by atomic mass is 16.5. The van der Waals surface area contributed by atoms with Crippen molar-refractivity contribution >= 4 is 12.0 Å². The molecule has 0 heterocycles. The number of hydrogen-bond acceptors (Lipinski definition) is 3. The third-order valence-corrected chi connectivity index (χ3v) is 11.9. The van der Waals surface area contributed by atoms with Gasteiger partial charge in [0.25, 0.3) is 0 Å². The van der Waals surface area contributed by atoms with Crippen LogP contribution in [0.25, 0.3) is 6.08 Å². The molecule has 3 saturated carbocycles. The molecule has 216 valence electrons. The van der Waals surface area contributed by atoms with Crippen LogP contribution < -0.4 is 0 Å². The molecule has 0 radical (unpaired) electrons. The molecule has 0 aromatic heterocycles. The zero-order valence-electron chi connectivity index (χ0n) is 25.3. The first-order valence-electron chi connectivity index (χ1n) is 16.5. The van der Waals surface area contributed by atoms with Gasteiger partial charge in [-0.15, -0.1) is 0 Å².